The van der Waals surface area contributed by atoms with Gasteiger partial charge >= 0.3 is 11.9 Å². The molecule has 1 aromatic carbocycles. The number of unbranched alkanes of at least 4 members (excludes halogenated alkanes) is 1. The molecule has 2 heterocycles. The van der Waals surface area contributed by atoms with E-state index in [1.165, 1.54) is 0 Å². The van der Waals surface area contributed by atoms with Gasteiger partial charge in [0.2, 0.25) is 0 Å². The number of hydrogen-bond acceptors (Lipinski definition) is 7. The first-order valence-electron chi connectivity index (χ1n) is 10.4. The molecule has 0 amide bonds. The molecule has 4 rings (SSSR count). The number of anilines is 1. The lowest BCUT2D eigenvalue weighted by atomic mass is 9.62. The van der Waals surface area contributed by atoms with Crippen molar-refractivity contribution in [3.05, 3.63) is 51.0 Å². The number of Topliss-reactive ketones (excluding diaryl/α,β-unsaturated/α-hetero) is 1. The molecule has 31 heavy (non-hydrogen) atoms. The first kappa shape index (κ1) is 21.6. The van der Waals surface area contributed by atoms with E-state index in [0.717, 1.165) is 6.42 Å². The van der Waals surface area contributed by atoms with Crippen molar-refractivity contribution in [2.75, 3.05) is 11.9 Å². The van der Waals surface area contributed by atoms with E-state index in [-0.39, 0.29) is 41.2 Å². The van der Waals surface area contributed by atoms with Gasteiger partial charge < -0.3 is 20.5 Å². The summed E-state index contributed by atoms with van der Waals surface area (Å²) in [6.45, 7) is 6.07. The number of esters is 2. The highest BCUT2D eigenvalue weighted by Crippen LogP contribution is 2.56. The second kappa shape index (κ2) is 7.51. The normalized spacial score (nSPS) is 24.0. The zero-order valence-electron chi connectivity index (χ0n) is 17.8. The van der Waals surface area contributed by atoms with Crippen LogP contribution in [0, 0.1) is 5.41 Å². The summed E-state index contributed by atoms with van der Waals surface area (Å²) in [6, 6.07) is 5.26. The van der Waals surface area contributed by atoms with Gasteiger partial charge in [-0.3, -0.25) is 4.79 Å². The molecule has 3 aliphatic rings. The fourth-order valence-electron chi connectivity index (χ4n) is 4.66. The molecule has 0 radical (unpaired) electrons. The molecular formula is C23H25BrN2O5. The number of ketones is 1. The first-order chi connectivity index (χ1) is 14.6. The van der Waals surface area contributed by atoms with Crippen LogP contribution in [-0.2, 0) is 29.3 Å². The molecule has 8 heteroatoms. The Labute approximate surface area is 189 Å². The molecule has 0 unspecified atom stereocenters. The lowest BCUT2D eigenvalue weighted by molar-refractivity contribution is -0.146. The molecule has 7 nitrogen and oxygen atoms in total. The molecule has 1 aromatic rings. The predicted molar refractivity (Wildman–Crippen MR) is 118 cm³/mol. The van der Waals surface area contributed by atoms with E-state index >= 15 is 0 Å². The van der Waals surface area contributed by atoms with Gasteiger partial charge in [0, 0.05) is 28.6 Å². The molecule has 3 N–H and O–H groups in total. The SMILES string of the molecule is CCCCOC(=O)C1=C(N)Nc2ccc(Br)cc2[C@]12C(=O)OC1=C2C(=O)CC(C)(C)C1. The topological polar surface area (TPSA) is 108 Å². The Bertz CT molecular complexity index is 1070. The minimum atomic E-state index is -1.75. The number of allylic oxidation sites excluding steroid dienone is 1. The van der Waals surface area contributed by atoms with E-state index < -0.39 is 17.4 Å². The van der Waals surface area contributed by atoms with E-state index in [1.807, 2.05) is 20.8 Å². The Balaban J connectivity index is 1.98. The van der Waals surface area contributed by atoms with Crippen LogP contribution in [0.25, 0.3) is 0 Å². The molecule has 1 spiro atoms. The van der Waals surface area contributed by atoms with Gasteiger partial charge in [-0.1, -0.05) is 43.1 Å². The van der Waals surface area contributed by atoms with Crippen molar-refractivity contribution in [3.8, 4) is 0 Å². The number of halogens is 1. The molecule has 2 aliphatic heterocycles. The van der Waals surface area contributed by atoms with Crippen LogP contribution in [0.2, 0.25) is 0 Å². The van der Waals surface area contributed by atoms with E-state index in [2.05, 4.69) is 21.2 Å². The number of benzene rings is 1. The summed E-state index contributed by atoms with van der Waals surface area (Å²) in [6.07, 6.45) is 2.16. The highest BCUT2D eigenvalue weighted by molar-refractivity contribution is 9.10. The largest absolute Gasteiger partial charge is 0.462 e. The summed E-state index contributed by atoms with van der Waals surface area (Å²) in [5.74, 6) is -1.36. The zero-order chi connectivity index (χ0) is 22.6. The third-order valence-corrected chi connectivity index (χ3v) is 6.46. The molecule has 0 fully saturated rings. The molecule has 0 aromatic heterocycles. The number of carbonyl (C=O) groups is 3. The van der Waals surface area contributed by atoms with Gasteiger partial charge in [-0.05, 0) is 30.0 Å². The van der Waals surface area contributed by atoms with Crippen molar-refractivity contribution in [1.82, 2.24) is 0 Å². The van der Waals surface area contributed by atoms with Gasteiger partial charge in [0.05, 0.1) is 12.2 Å². The van der Waals surface area contributed by atoms with Crippen molar-refractivity contribution in [2.24, 2.45) is 11.1 Å². The van der Waals surface area contributed by atoms with Crippen molar-refractivity contribution in [2.45, 2.75) is 51.9 Å². The minimum absolute atomic E-state index is 0.0142. The highest BCUT2D eigenvalue weighted by atomic mass is 79.9. The summed E-state index contributed by atoms with van der Waals surface area (Å²) in [5, 5.41) is 3.00. The monoisotopic (exact) mass is 488 g/mol. The predicted octanol–water partition coefficient (Wildman–Crippen LogP) is 3.83. The van der Waals surface area contributed by atoms with Crippen LogP contribution in [0.5, 0.6) is 0 Å². The van der Waals surface area contributed by atoms with Crippen LogP contribution in [0.1, 0.15) is 52.0 Å². The Morgan fingerprint density at radius 1 is 1.29 bits per heavy atom. The quantitative estimate of drug-likeness (QED) is 0.489. The van der Waals surface area contributed by atoms with Crippen molar-refractivity contribution < 1.29 is 23.9 Å². The number of nitrogens with two attached hydrogens (primary N) is 1. The molecule has 0 saturated carbocycles. The second-order valence-electron chi connectivity index (χ2n) is 8.97. The molecular weight excluding hydrogens is 464 g/mol. The van der Waals surface area contributed by atoms with Crippen molar-refractivity contribution in [1.29, 1.82) is 0 Å². The third-order valence-electron chi connectivity index (χ3n) is 5.97. The Morgan fingerprint density at radius 3 is 2.74 bits per heavy atom. The van der Waals surface area contributed by atoms with Gasteiger partial charge in [0.15, 0.2) is 11.2 Å². The Morgan fingerprint density at radius 2 is 2.03 bits per heavy atom. The van der Waals surface area contributed by atoms with Crippen LogP contribution < -0.4 is 11.1 Å². The number of rotatable bonds is 4. The smallest absolute Gasteiger partial charge is 0.339 e. The van der Waals surface area contributed by atoms with Gasteiger partial charge in [-0.2, -0.15) is 0 Å². The summed E-state index contributed by atoms with van der Waals surface area (Å²) in [5.41, 5.74) is 5.28. The number of hydrogen-bond donors (Lipinski definition) is 2. The van der Waals surface area contributed by atoms with Gasteiger partial charge in [-0.15, -0.1) is 0 Å². The highest BCUT2D eigenvalue weighted by Gasteiger charge is 2.64. The zero-order valence-corrected chi connectivity index (χ0v) is 19.4. The third kappa shape index (κ3) is 3.28. The summed E-state index contributed by atoms with van der Waals surface area (Å²) >= 11 is 3.44. The fraction of sp³-hybridized carbons (Fsp3) is 0.435. The Kier molecular flexibility index (Phi) is 5.24. The fourth-order valence-corrected chi connectivity index (χ4v) is 5.02. The molecule has 1 atom stereocenters. The second-order valence-corrected chi connectivity index (χ2v) is 9.89. The van der Waals surface area contributed by atoms with E-state index in [9.17, 15) is 14.4 Å². The molecule has 1 aliphatic carbocycles. The van der Waals surface area contributed by atoms with E-state index in [1.54, 1.807) is 18.2 Å². The van der Waals surface area contributed by atoms with Crippen molar-refractivity contribution >= 4 is 39.3 Å². The lowest BCUT2D eigenvalue weighted by Crippen LogP contribution is -2.48. The molecule has 0 saturated heterocycles. The summed E-state index contributed by atoms with van der Waals surface area (Å²) in [4.78, 5) is 40.2. The van der Waals surface area contributed by atoms with Gasteiger partial charge in [0.25, 0.3) is 0 Å². The molecule has 164 valence electrons. The average Bonchev–Trinajstić information content (AvgIpc) is 2.94. The van der Waals surface area contributed by atoms with Crippen LogP contribution in [0.15, 0.2) is 45.4 Å². The summed E-state index contributed by atoms with van der Waals surface area (Å²) < 4.78 is 11.8. The summed E-state index contributed by atoms with van der Waals surface area (Å²) in [7, 11) is 0. The van der Waals surface area contributed by atoms with Crippen LogP contribution >= 0.6 is 15.9 Å². The average molecular weight is 489 g/mol. The minimum Gasteiger partial charge on any atom is -0.462 e. The van der Waals surface area contributed by atoms with Crippen LogP contribution in [0.4, 0.5) is 5.69 Å². The maximum atomic E-state index is 13.6. The lowest BCUT2D eigenvalue weighted by Gasteiger charge is -2.38. The number of carbonyl (C=O) groups excluding carboxylic acids is 3. The number of fused-ring (bicyclic) bond motifs is 3. The van der Waals surface area contributed by atoms with Crippen LogP contribution in [-0.4, -0.2) is 24.3 Å². The van der Waals surface area contributed by atoms with Crippen LogP contribution in [0.3, 0.4) is 0 Å². The maximum Gasteiger partial charge on any atom is 0.339 e. The standard InChI is InChI=1S/C23H25BrN2O5/c1-4-5-8-30-20(28)18-19(25)26-14-7-6-12(24)9-13(14)23(18)17-15(27)10-22(2,3)11-16(17)31-21(23)29/h6-7,9,26H,4-5,8,10-11,25H2,1-3H3/t23-/m1/s1. The first-order valence-corrected chi connectivity index (χ1v) is 11.1. The van der Waals surface area contributed by atoms with Crippen molar-refractivity contribution in [3.63, 3.8) is 0 Å². The van der Waals surface area contributed by atoms with Gasteiger partial charge in [-0.25, -0.2) is 9.59 Å². The number of nitrogens with one attached hydrogen (secondary N) is 1. The van der Waals surface area contributed by atoms with Gasteiger partial charge in [0.1, 0.15) is 17.2 Å². The molecule has 0 bridgehead atoms. The number of ether oxygens (including phenoxy) is 2. The maximum absolute atomic E-state index is 13.6. The Hall–Kier alpha value is -2.61. The van der Waals surface area contributed by atoms with E-state index in [0.29, 0.717) is 34.3 Å². The van der Waals surface area contributed by atoms with E-state index in [4.69, 9.17) is 15.2 Å².